The van der Waals surface area contributed by atoms with Gasteiger partial charge in [0.25, 0.3) is 5.91 Å². The van der Waals surface area contributed by atoms with Gasteiger partial charge in [-0.3, -0.25) is 4.79 Å². The summed E-state index contributed by atoms with van der Waals surface area (Å²) in [5, 5.41) is 10.4. The molecule has 1 aliphatic carbocycles. The van der Waals surface area contributed by atoms with Gasteiger partial charge in [-0.2, -0.15) is 0 Å². The highest BCUT2D eigenvalue weighted by molar-refractivity contribution is 5.97. The lowest BCUT2D eigenvalue weighted by Gasteiger charge is -2.31. The number of carbonyl (C=O) groups excluding carboxylic acids is 1. The molecule has 1 unspecified atom stereocenters. The van der Waals surface area contributed by atoms with Gasteiger partial charge in [-0.15, -0.1) is 0 Å². The molecule has 5 nitrogen and oxygen atoms in total. The molecular formula is C15H22N4O. The van der Waals surface area contributed by atoms with E-state index < -0.39 is 0 Å². The van der Waals surface area contributed by atoms with Gasteiger partial charge < -0.3 is 15.7 Å². The topological polar surface area (TPSA) is 81.6 Å². The Morgan fingerprint density at radius 1 is 1.55 bits per heavy atom. The molecule has 0 spiro atoms. The first-order chi connectivity index (χ1) is 9.47. The third-order valence-electron chi connectivity index (χ3n) is 3.86. The number of nitrogens with zero attached hydrogens (tertiary/aromatic N) is 1. The molecule has 1 aliphatic rings. The second kappa shape index (κ2) is 6.03. The van der Waals surface area contributed by atoms with Gasteiger partial charge in [0.05, 0.1) is 11.9 Å². The van der Waals surface area contributed by atoms with Gasteiger partial charge >= 0.3 is 0 Å². The van der Waals surface area contributed by atoms with E-state index in [9.17, 15) is 4.79 Å². The van der Waals surface area contributed by atoms with Crippen LogP contribution in [0, 0.1) is 11.3 Å². The summed E-state index contributed by atoms with van der Waals surface area (Å²) in [4.78, 5) is 19.2. The van der Waals surface area contributed by atoms with Crippen LogP contribution >= 0.6 is 0 Å². The molecule has 1 amide bonds. The second-order valence-corrected chi connectivity index (χ2v) is 5.61. The Hall–Kier alpha value is -1.91. The van der Waals surface area contributed by atoms with Gasteiger partial charge in [0.2, 0.25) is 0 Å². The first-order valence-electron chi connectivity index (χ1n) is 7.07. The maximum Gasteiger partial charge on any atom is 0.287 e. The molecule has 0 radical (unpaired) electrons. The van der Waals surface area contributed by atoms with E-state index in [0.29, 0.717) is 17.5 Å². The van der Waals surface area contributed by atoms with E-state index in [4.69, 9.17) is 5.41 Å². The molecule has 1 aromatic rings. The average molecular weight is 274 g/mol. The van der Waals surface area contributed by atoms with Crippen molar-refractivity contribution in [2.24, 2.45) is 5.92 Å². The van der Waals surface area contributed by atoms with E-state index in [2.05, 4.69) is 22.2 Å². The Morgan fingerprint density at radius 3 is 2.80 bits per heavy atom. The maximum atomic E-state index is 12.1. The lowest BCUT2D eigenvalue weighted by Crippen LogP contribution is -2.41. The minimum Gasteiger partial charge on any atom is -0.347 e. The SMILES string of the molecule is CC(=N)/C=C(/C)c1cnc(C(=O)NC(C)C2CCC2)[nH]1. The zero-order chi connectivity index (χ0) is 14.7. The van der Waals surface area contributed by atoms with Gasteiger partial charge in [0.15, 0.2) is 5.82 Å². The predicted molar refractivity (Wildman–Crippen MR) is 79.9 cm³/mol. The minimum atomic E-state index is -0.157. The van der Waals surface area contributed by atoms with Crippen LogP contribution in [0.3, 0.4) is 0 Å². The minimum absolute atomic E-state index is 0.157. The lowest BCUT2D eigenvalue weighted by atomic mass is 9.80. The van der Waals surface area contributed by atoms with Crippen LogP contribution in [0.25, 0.3) is 5.57 Å². The fraction of sp³-hybridized carbons (Fsp3) is 0.533. The van der Waals surface area contributed by atoms with Crippen LogP contribution in [0.4, 0.5) is 0 Å². The predicted octanol–water partition coefficient (Wildman–Crippen LogP) is 2.77. The normalized spacial score (nSPS) is 17.4. The van der Waals surface area contributed by atoms with Gasteiger partial charge in [-0.1, -0.05) is 6.42 Å². The smallest absolute Gasteiger partial charge is 0.287 e. The van der Waals surface area contributed by atoms with E-state index in [1.54, 1.807) is 19.2 Å². The van der Waals surface area contributed by atoms with Crippen LogP contribution in [0.1, 0.15) is 56.3 Å². The summed E-state index contributed by atoms with van der Waals surface area (Å²) in [6, 6.07) is 0.199. The molecule has 1 atom stereocenters. The van der Waals surface area contributed by atoms with Crippen molar-refractivity contribution in [3.05, 3.63) is 23.8 Å². The van der Waals surface area contributed by atoms with Crippen molar-refractivity contribution in [2.75, 3.05) is 0 Å². The van der Waals surface area contributed by atoms with Gasteiger partial charge in [0.1, 0.15) is 0 Å². The van der Waals surface area contributed by atoms with E-state index in [0.717, 1.165) is 11.3 Å². The van der Waals surface area contributed by atoms with Gasteiger partial charge in [0, 0.05) is 11.8 Å². The fourth-order valence-corrected chi connectivity index (χ4v) is 2.37. The van der Waals surface area contributed by atoms with E-state index >= 15 is 0 Å². The van der Waals surface area contributed by atoms with E-state index in [1.807, 2.05) is 6.92 Å². The van der Waals surface area contributed by atoms with Crippen molar-refractivity contribution in [3.63, 3.8) is 0 Å². The Kier molecular flexibility index (Phi) is 4.37. The maximum absolute atomic E-state index is 12.1. The van der Waals surface area contributed by atoms with Crippen LogP contribution in [0.15, 0.2) is 12.3 Å². The van der Waals surface area contributed by atoms with Crippen molar-refractivity contribution < 1.29 is 4.79 Å². The van der Waals surface area contributed by atoms with Crippen molar-refractivity contribution in [2.45, 2.75) is 46.1 Å². The largest absolute Gasteiger partial charge is 0.347 e. The molecule has 5 heteroatoms. The molecule has 0 saturated heterocycles. The molecule has 2 rings (SSSR count). The first kappa shape index (κ1) is 14.5. The third-order valence-corrected chi connectivity index (χ3v) is 3.86. The lowest BCUT2D eigenvalue weighted by molar-refractivity contribution is 0.0899. The molecule has 1 saturated carbocycles. The monoisotopic (exact) mass is 274 g/mol. The van der Waals surface area contributed by atoms with Crippen molar-refractivity contribution in [1.82, 2.24) is 15.3 Å². The summed E-state index contributed by atoms with van der Waals surface area (Å²) in [5.74, 6) is 0.784. The molecule has 20 heavy (non-hydrogen) atoms. The molecule has 1 aromatic heterocycles. The second-order valence-electron chi connectivity index (χ2n) is 5.61. The standard InChI is InChI=1S/C15H22N4O/c1-9(7-10(2)16)13-8-17-14(19-13)15(20)18-11(3)12-5-4-6-12/h7-8,11-12,16H,4-6H2,1-3H3,(H,17,19)(H,18,20)/b9-7-,16-10?. The Morgan fingerprint density at radius 2 is 2.25 bits per heavy atom. The quantitative estimate of drug-likeness (QED) is 0.722. The van der Waals surface area contributed by atoms with Crippen molar-refractivity contribution in [3.8, 4) is 0 Å². The van der Waals surface area contributed by atoms with E-state index in [-0.39, 0.29) is 11.9 Å². The van der Waals surface area contributed by atoms with Crippen LogP contribution < -0.4 is 5.32 Å². The zero-order valence-corrected chi connectivity index (χ0v) is 12.3. The van der Waals surface area contributed by atoms with Crippen molar-refractivity contribution >= 4 is 17.2 Å². The fourth-order valence-electron chi connectivity index (χ4n) is 2.37. The number of H-pyrrole nitrogens is 1. The average Bonchev–Trinajstić information content (AvgIpc) is 2.74. The summed E-state index contributed by atoms with van der Waals surface area (Å²) < 4.78 is 0. The summed E-state index contributed by atoms with van der Waals surface area (Å²) >= 11 is 0. The highest BCUT2D eigenvalue weighted by Crippen LogP contribution is 2.29. The summed E-state index contributed by atoms with van der Waals surface area (Å²) in [7, 11) is 0. The number of imidazole rings is 1. The van der Waals surface area contributed by atoms with Crippen LogP contribution in [-0.2, 0) is 0 Å². The number of hydrogen-bond donors (Lipinski definition) is 3. The molecular weight excluding hydrogens is 252 g/mol. The number of amides is 1. The third kappa shape index (κ3) is 3.35. The number of allylic oxidation sites excluding steroid dienone is 2. The Bertz CT molecular complexity index is 540. The van der Waals surface area contributed by atoms with E-state index in [1.165, 1.54) is 19.3 Å². The summed E-state index contributed by atoms with van der Waals surface area (Å²) in [5.41, 5.74) is 2.15. The molecule has 108 valence electrons. The highest BCUT2D eigenvalue weighted by Gasteiger charge is 2.25. The number of hydrogen-bond acceptors (Lipinski definition) is 3. The number of rotatable bonds is 5. The molecule has 0 bridgehead atoms. The molecule has 0 aliphatic heterocycles. The zero-order valence-electron chi connectivity index (χ0n) is 12.3. The number of aromatic nitrogens is 2. The number of nitrogens with one attached hydrogen (secondary N) is 3. The highest BCUT2D eigenvalue weighted by atomic mass is 16.2. The number of carbonyl (C=O) groups is 1. The summed E-state index contributed by atoms with van der Waals surface area (Å²) in [6.45, 7) is 5.66. The Balaban J connectivity index is 2.00. The van der Waals surface area contributed by atoms with Crippen LogP contribution in [-0.4, -0.2) is 27.6 Å². The number of aromatic amines is 1. The van der Waals surface area contributed by atoms with Gasteiger partial charge in [-0.25, -0.2) is 4.98 Å². The van der Waals surface area contributed by atoms with Crippen molar-refractivity contribution in [1.29, 1.82) is 5.41 Å². The van der Waals surface area contributed by atoms with Crippen LogP contribution in [0.5, 0.6) is 0 Å². The van der Waals surface area contributed by atoms with Crippen LogP contribution in [0.2, 0.25) is 0 Å². The molecule has 3 N–H and O–H groups in total. The van der Waals surface area contributed by atoms with Gasteiger partial charge in [-0.05, 0) is 51.2 Å². The molecule has 0 aromatic carbocycles. The Labute approximate surface area is 119 Å². The summed E-state index contributed by atoms with van der Waals surface area (Å²) in [6.07, 6.45) is 7.04. The molecule has 1 heterocycles. The first-order valence-corrected chi connectivity index (χ1v) is 7.07. The molecule has 1 fully saturated rings.